The molecular weight excluding hydrogens is 282 g/mol. The Morgan fingerprint density at radius 1 is 1.52 bits per heavy atom. The van der Waals surface area contributed by atoms with Crippen molar-refractivity contribution in [2.75, 3.05) is 33.2 Å². The van der Waals surface area contributed by atoms with Crippen LogP contribution in [0, 0.1) is 0 Å². The molecule has 118 valence electrons. The van der Waals surface area contributed by atoms with Crippen LogP contribution in [0.1, 0.15) is 31.7 Å². The molecule has 1 fully saturated rings. The summed E-state index contributed by atoms with van der Waals surface area (Å²) >= 11 is 1.68. The zero-order valence-electron chi connectivity index (χ0n) is 13.2. The largest absolute Gasteiger partial charge is 0.340 e. The average Bonchev–Trinajstić information content (AvgIpc) is 3.12. The summed E-state index contributed by atoms with van der Waals surface area (Å²) in [4.78, 5) is 16.5. The van der Waals surface area contributed by atoms with E-state index in [4.69, 9.17) is 0 Å². The van der Waals surface area contributed by atoms with Crippen molar-refractivity contribution >= 4 is 17.2 Å². The van der Waals surface area contributed by atoms with Crippen LogP contribution in [0.3, 0.4) is 0 Å². The lowest BCUT2D eigenvalue weighted by Gasteiger charge is -2.27. The lowest BCUT2D eigenvalue weighted by molar-refractivity contribution is -0.131. The van der Waals surface area contributed by atoms with Crippen molar-refractivity contribution in [1.29, 1.82) is 0 Å². The van der Waals surface area contributed by atoms with Gasteiger partial charge in [-0.25, -0.2) is 0 Å². The zero-order chi connectivity index (χ0) is 15.1. The number of amides is 1. The van der Waals surface area contributed by atoms with E-state index in [1.807, 2.05) is 11.9 Å². The highest BCUT2D eigenvalue weighted by molar-refractivity contribution is 7.07. The molecule has 2 rings (SSSR count). The van der Waals surface area contributed by atoms with E-state index in [1.54, 1.807) is 11.3 Å². The van der Waals surface area contributed by atoms with Crippen molar-refractivity contribution in [3.8, 4) is 0 Å². The molecule has 1 N–H and O–H groups in total. The van der Waals surface area contributed by atoms with E-state index in [2.05, 4.69) is 34.0 Å². The van der Waals surface area contributed by atoms with Gasteiger partial charge in [0.1, 0.15) is 0 Å². The van der Waals surface area contributed by atoms with Crippen molar-refractivity contribution in [3.63, 3.8) is 0 Å². The minimum absolute atomic E-state index is 0.215. The maximum Gasteiger partial charge on any atom is 0.236 e. The Kier molecular flexibility index (Phi) is 6.67. The van der Waals surface area contributed by atoms with Gasteiger partial charge in [0.2, 0.25) is 5.91 Å². The molecule has 1 atom stereocenters. The second kappa shape index (κ2) is 8.51. The number of nitrogens with one attached hydrogen (secondary N) is 1. The second-order valence-corrected chi connectivity index (χ2v) is 6.69. The van der Waals surface area contributed by atoms with Gasteiger partial charge in [-0.15, -0.1) is 0 Å². The number of rotatable bonds is 8. The van der Waals surface area contributed by atoms with Gasteiger partial charge < -0.3 is 10.2 Å². The van der Waals surface area contributed by atoms with Crippen LogP contribution < -0.4 is 5.32 Å². The molecule has 2 heterocycles. The lowest BCUT2D eigenvalue weighted by atomic mass is 10.2. The van der Waals surface area contributed by atoms with Crippen LogP contribution in [-0.2, 0) is 11.3 Å². The Hall–Kier alpha value is -0.910. The number of nitrogens with zero attached hydrogens (tertiary/aromatic N) is 2. The smallest absolute Gasteiger partial charge is 0.236 e. The summed E-state index contributed by atoms with van der Waals surface area (Å²) in [6.45, 7) is 6.53. The number of hydrogen-bond donors (Lipinski definition) is 1. The third-order valence-electron chi connectivity index (χ3n) is 3.97. The van der Waals surface area contributed by atoms with E-state index in [1.165, 1.54) is 18.4 Å². The Labute approximate surface area is 132 Å². The maximum atomic E-state index is 12.4. The molecule has 1 aliphatic rings. The predicted octanol–water partition coefficient (Wildman–Crippen LogP) is 2.17. The Balaban J connectivity index is 1.81. The third-order valence-corrected chi connectivity index (χ3v) is 4.70. The molecule has 0 aromatic carbocycles. The molecule has 0 bridgehead atoms. The first-order valence-electron chi connectivity index (χ1n) is 7.89. The molecule has 1 aromatic rings. The fourth-order valence-electron chi connectivity index (χ4n) is 2.83. The molecule has 0 aliphatic carbocycles. The van der Waals surface area contributed by atoms with Gasteiger partial charge in [-0.3, -0.25) is 9.69 Å². The van der Waals surface area contributed by atoms with Gasteiger partial charge in [-0.1, -0.05) is 6.92 Å². The number of carbonyl (C=O) groups excluding carboxylic acids is 1. The minimum atomic E-state index is 0.215. The summed E-state index contributed by atoms with van der Waals surface area (Å²) in [7, 11) is 1.90. The SMILES string of the molecule is CCCN(CC(=O)N(C)Cc1ccsc1)CC1CCCN1. The monoisotopic (exact) mass is 309 g/mol. The molecule has 1 saturated heterocycles. The highest BCUT2D eigenvalue weighted by atomic mass is 32.1. The summed E-state index contributed by atoms with van der Waals surface area (Å²) in [6, 6.07) is 2.65. The van der Waals surface area contributed by atoms with E-state index in [9.17, 15) is 4.79 Å². The van der Waals surface area contributed by atoms with Crippen molar-refractivity contribution < 1.29 is 4.79 Å². The van der Waals surface area contributed by atoms with Crippen molar-refractivity contribution in [3.05, 3.63) is 22.4 Å². The molecule has 21 heavy (non-hydrogen) atoms. The van der Waals surface area contributed by atoms with Crippen molar-refractivity contribution in [1.82, 2.24) is 15.1 Å². The van der Waals surface area contributed by atoms with E-state index >= 15 is 0 Å². The molecule has 1 unspecified atom stereocenters. The van der Waals surface area contributed by atoms with Crippen LogP contribution in [0.4, 0.5) is 0 Å². The van der Waals surface area contributed by atoms with Gasteiger partial charge >= 0.3 is 0 Å². The van der Waals surface area contributed by atoms with E-state index in [0.717, 1.165) is 26.1 Å². The molecule has 1 amide bonds. The molecule has 1 aliphatic heterocycles. The van der Waals surface area contributed by atoms with Gasteiger partial charge in [0, 0.05) is 26.2 Å². The Morgan fingerprint density at radius 3 is 3.00 bits per heavy atom. The normalized spacial score (nSPS) is 18.3. The Morgan fingerprint density at radius 2 is 2.38 bits per heavy atom. The summed E-state index contributed by atoms with van der Waals surface area (Å²) in [5, 5.41) is 7.68. The van der Waals surface area contributed by atoms with E-state index in [0.29, 0.717) is 19.1 Å². The molecule has 4 nitrogen and oxygen atoms in total. The maximum absolute atomic E-state index is 12.4. The molecule has 0 saturated carbocycles. The summed E-state index contributed by atoms with van der Waals surface area (Å²) in [5.41, 5.74) is 1.22. The first-order chi connectivity index (χ1) is 10.2. The quantitative estimate of drug-likeness (QED) is 0.799. The topological polar surface area (TPSA) is 35.6 Å². The molecular formula is C16H27N3OS. The summed E-state index contributed by atoms with van der Waals surface area (Å²) in [5.74, 6) is 0.215. The van der Waals surface area contributed by atoms with Gasteiger partial charge in [0.15, 0.2) is 0 Å². The van der Waals surface area contributed by atoms with E-state index in [-0.39, 0.29) is 5.91 Å². The summed E-state index contributed by atoms with van der Waals surface area (Å²) in [6.07, 6.45) is 3.59. The number of thiophene rings is 1. The van der Waals surface area contributed by atoms with Crippen LogP contribution in [0.25, 0.3) is 0 Å². The van der Waals surface area contributed by atoms with E-state index < -0.39 is 0 Å². The van der Waals surface area contributed by atoms with Crippen molar-refractivity contribution in [2.45, 2.75) is 38.8 Å². The van der Waals surface area contributed by atoms with Crippen LogP contribution in [0.2, 0.25) is 0 Å². The molecule has 5 heteroatoms. The standard InChI is InChI=1S/C16H27N3OS/c1-3-8-19(11-15-5-4-7-17-15)12-16(20)18(2)10-14-6-9-21-13-14/h6,9,13,15,17H,3-5,7-8,10-12H2,1-2H3. The first kappa shape index (κ1) is 16.5. The van der Waals surface area contributed by atoms with Crippen LogP contribution in [0.5, 0.6) is 0 Å². The summed E-state index contributed by atoms with van der Waals surface area (Å²) < 4.78 is 0. The second-order valence-electron chi connectivity index (χ2n) is 5.91. The highest BCUT2D eigenvalue weighted by Crippen LogP contribution is 2.10. The minimum Gasteiger partial charge on any atom is -0.340 e. The number of hydrogen-bond acceptors (Lipinski definition) is 4. The number of likely N-dealkylation sites (N-methyl/N-ethyl adjacent to an activating group) is 1. The number of carbonyl (C=O) groups is 1. The van der Waals surface area contributed by atoms with Gasteiger partial charge in [0.25, 0.3) is 0 Å². The van der Waals surface area contributed by atoms with Crippen LogP contribution in [-0.4, -0.2) is 55.0 Å². The fraction of sp³-hybridized carbons (Fsp3) is 0.688. The lowest BCUT2D eigenvalue weighted by Crippen LogP contribution is -2.43. The Bertz CT molecular complexity index is 415. The molecule has 0 spiro atoms. The van der Waals surface area contributed by atoms with Crippen LogP contribution in [0.15, 0.2) is 16.8 Å². The van der Waals surface area contributed by atoms with Crippen LogP contribution >= 0.6 is 11.3 Å². The van der Waals surface area contributed by atoms with Gasteiger partial charge in [-0.2, -0.15) is 11.3 Å². The highest BCUT2D eigenvalue weighted by Gasteiger charge is 2.20. The molecule has 0 radical (unpaired) electrons. The van der Waals surface area contributed by atoms with Gasteiger partial charge in [0.05, 0.1) is 6.54 Å². The van der Waals surface area contributed by atoms with Crippen molar-refractivity contribution in [2.24, 2.45) is 0 Å². The average molecular weight is 309 g/mol. The van der Waals surface area contributed by atoms with Gasteiger partial charge in [-0.05, 0) is 54.7 Å². The zero-order valence-corrected chi connectivity index (χ0v) is 14.0. The first-order valence-corrected chi connectivity index (χ1v) is 8.84. The molecule has 1 aromatic heterocycles. The predicted molar refractivity (Wildman–Crippen MR) is 88.5 cm³/mol. The fourth-order valence-corrected chi connectivity index (χ4v) is 3.49. The third kappa shape index (κ3) is 5.41.